The lowest BCUT2D eigenvalue weighted by Gasteiger charge is -2.39. The van der Waals surface area contributed by atoms with E-state index in [0.717, 1.165) is 32.2 Å². The maximum atomic E-state index is 12.0. The van der Waals surface area contributed by atoms with E-state index in [1.165, 1.54) is 0 Å². The first-order chi connectivity index (χ1) is 8.37. The van der Waals surface area contributed by atoms with Crippen molar-refractivity contribution >= 4 is 0 Å². The van der Waals surface area contributed by atoms with E-state index >= 15 is 0 Å². The van der Waals surface area contributed by atoms with Crippen molar-refractivity contribution in [2.24, 2.45) is 5.92 Å². The first-order valence-corrected chi connectivity index (χ1v) is 6.72. The number of hydrogen-bond donors (Lipinski definition) is 1. The second-order valence-electron chi connectivity index (χ2n) is 5.46. The van der Waals surface area contributed by atoms with Crippen LogP contribution in [0.5, 0.6) is 0 Å². The molecule has 0 saturated heterocycles. The molecule has 0 heterocycles. The molecule has 108 valence electrons. The number of ether oxygens (including phenoxy) is 1. The number of nitrogens with one attached hydrogen (secondary N) is 1. The van der Waals surface area contributed by atoms with Gasteiger partial charge in [0.05, 0.1) is 5.60 Å². The van der Waals surface area contributed by atoms with Crippen molar-refractivity contribution in [2.45, 2.75) is 57.2 Å². The summed E-state index contributed by atoms with van der Waals surface area (Å²) in [6.45, 7) is 3.15. The molecule has 0 atom stereocenters. The zero-order chi connectivity index (χ0) is 13.6. The largest absolute Gasteiger partial charge is 0.389 e. The Kier molecular flexibility index (Phi) is 5.92. The highest BCUT2D eigenvalue weighted by Crippen LogP contribution is 2.34. The third kappa shape index (κ3) is 5.57. The van der Waals surface area contributed by atoms with Gasteiger partial charge >= 0.3 is 6.18 Å². The Morgan fingerprint density at radius 3 is 2.39 bits per heavy atom. The van der Waals surface area contributed by atoms with Crippen LogP contribution in [-0.2, 0) is 4.74 Å². The molecule has 5 heteroatoms. The van der Waals surface area contributed by atoms with E-state index in [0.29, 0.717) is 5.92 Å². The fourth-order valence-corrected chi connectivity index (χ4v) is 2.54. The lowest BCUT2D eigenvalue weighted by molar-refractivity contribution is -0.143. The number of halogens is 3. The molecule has 0 unspecified atom stereocenters. The van der Waals surface area contributed by atoms with Gasteiger partial charge in [0.25, 0.3) is 0 Å². The molecule has 0 aromatic heterocycles. The molecule has 1 saturated carbocycles. The Hall–Kier alpha value is -0.290. The SMILES string of the molecule is CNCC1(OCCCC(F)(F)F)CCC(C)CC1. The fourth-order valence-electron chi connectivity index (χ4n) is 2.54. The van der Waals surface area contributed by atoms with Gasteiger partial charge in [-0.05, 0) is 45.1 Å². The molecule has 2 nitrogen and oxygen atoms in total. The van der Waals surface area contributed by atoms with Crippen molar-refractivity contribution in [3.8, 4) is 0 Å². The summed E-state index contributed by atoms with van der Waals surface area (Å²) in [7, 11) is 1.86. The third-order valence-corrected chi connectivity index (χ3v) is 3.70. The van der Waals surface area contributed by atoms with E-state index in [1.807, 2.05) is 7.05 Å². The van der Waals surface area contributed by atoms with E-state index < -0.39 is 12.6 Å². The molecule has 0 aromatic rings. The molecule has 0 aromatic carbocycles. The van der Waals surface area contributed by atoms with Crippen LogP contribution < -0.4 is 5.32 Å². The van der Waals surface area contributed by atoms with Gasteiger partial charge in [0.2, 0.25) is 0 Å². The Bertz CT molecular complexity index is 235. The minimum atomic E-state index is -4.07. The molecule has 1 aliphatic rings. The van der Waals surface area contributed by atoms with Gasteiger partial charge in [0.1, 0.15) is 0 Å². The average Bonchev–Trinajstić information content (AvgIpc) is 2.28. The van der Waals surface area contributed by atoms with Crippen molar-refractivity contribution in [1.29, 1.82) is 0 Å². The predicted molar refractivity (Wildman–Crippen MR) is 65.5 cm³/mol. The molecule has 18 heavy (non-hydrogen) atoms. The summed E-state index contributed by atoms with van der Waals surface area (Å²) in [6.07, 6.45) is -0.673. The van der Waals surface area contributed by atoms with E-state index in [-0.39, 0.29) is 18.6 Å². The van der Waals surface area contributed by atoms with Crippen molar-refractivity contribution in [1.82, 2.24) is 5.32 Å². The molecular formula is C13H24F3NO. The van der Waals surface area contributed by atoms with Crippen molar-refractivity contribution < 1.29 is 17.9 Å². The van der Waals surface area contributed by atoms with Crippen LogP contribution in [0.25, 0.3) is 0 Å². The molecule has 0 amide bonds. The monoisotopic (exact) mass is 267 g/mol. The first-order valence-electron chi connectivity index (χ1n) is 6.72. The Morgan fingerprint density at radius 2 is 1.89 bits per heavy atom. The fraction of sp³-hybridized carbons (Fsp3) is 1.00. The lowest BCUT2D eigenvalue weighted by atomic mass is 9.79. The molecule has 1 aliphatic carbocycles. The van der Waals surface area contributed by atoms with Gasteiger partial charge in [-0.15, -0.1) is 0 Å². The van der Waals surface area contributed by atoms with Gasteiger partial charge in [-0.1, -0.05) is 6.92 Å². The summed E-state index contributed by atoms with van der Waals surface area (Å²) >= 11 is 0. The van der Waals surface area contributed by atoms with Gasteiger partial charge < -0.3 is 10.1 Å². The Labute approximate surface area is 107 Å². The van der Waals surface area contributed by atoms with Gasteiger partial charge in [-0.2, -0.15) is 13.2 Å². The van der Waals surface area contributed by atoms with Crippen LogP contribution in [0, 0.1) is 5.92 Å². The quantitative estimate of drug-likeness (QED) is 0.744. The summed E-state index contributed by atoms with van der Waals surface area (Å²) in [5.74, 6) is 0.703. The number of rotatable bonds is 6. The summed E-state index contributed by atoms with van der Waals surface area (Å²) in [5, 5.41) is 3.10. The zero-order valence-electron chi connectivity index (χ0n) is 11.3. The zero-order valence-corrected chi connectivity index (χ0v) is 11.3. The minimum absolute atomic E-state index is 0.0600. The topological polar surface area (TPSA) is 21.3 Å². The Morgan fingerprint density at radius 1 is 1.28 bits per heavy atom. The summed E-state index contributed by atoms with van der Waals surface area (Å²) in [6, 6.07) is 0. The van der Waals surface area contributed by atoms with Crippen LogP contribution in [-0.4, -0.2) is 32.0 Å². The van der Waals surface area contributed by atoms with Crippen LogP contribution in [0.4, 0.5) is 13.2 Å². The van der Waals surface area contributed by atoms with Crippen LogP contribution >= 0.6 is 0 Å². The highest BCUT2D eigenvalue weighted by Gasteiger charge is 2.35. The van der Waals surface area contributed by atoms with Crippen LogP contribution in [0.1, 0.15) is 45.4 Å². The molecule has 1 rings (SSSR count). The van der Waals surface area contributed by atoms with Crippen molar-refractivity contribution in [3.63, 3.8) is 0 Å². The predicted octanol–water partition coefficient (Wildman–Crippen LogP) is 3.51. The van der Waals surface area contributed by atoms with E-state index in [4.69, 9.17) is 4.74 Å². The summed E-state index contributed by atoms with van der Waals surface area (Å²) in [5.41, 5.74) is -0.243. The molecule has 0 radical (unpaired) electrons. The standard InChI is InChI=1S/C13H24F3NO/c1-11-4-7-12(8-5-11,10-17-2)18-9-3-6-13(14,15)16/h11,17H,3-10H2,1-2H3. The second kappa shape index (κ2) is 6.75. The van der Waals surface area contributed by atoms with Gasteiger partial charge in [-0.3, -0.25) is 0 Å². The molecular weight excluding hydrogens is 243 g/mol. The van der Waals surface area contributed by atoms with Gasteiger partial charge in [0, 0.05) is 19.6 Å². The molecule has 0 aliphatic heterocycles. The maximum absolute atomic E-state index is 12.0. The first kappa shape index (κ1) is 15.8. The summed E-state index contributed by atoms with van der Waals surface area (Å²) < 4.78 is 41.9. The smallest absolute Gasteiger partial charge is 0.374 e. The molecule has 0 spiro atoms. The average molecular weight is 267 g/mol. The van der Waals surface area contributed by atoms with E-state index in [2.05, 4.69) is 12.2 Å². The van der Waals surface area contributed by atoms with E-state index in [1.54, 1.807) is 0 Å². The Balaban J connectivity index is 2.34. The van der Waals surface area contributed by atoms with Crippen molar-refractivity contribution in [2.75, 3.05) is 20.2 Å². The highest BCUT2D eigenvalue weighted by molar-refractivity contribution is 4.88. The number of likely N-dealkylation sites (N-methyl/N-ethyl adjacent to an activating group) is 1. The molecule has 0 bridgehead atoms. The third-order valence-electron chi connectivity index (χ3n) is 3.70. The lowest BCUT2D eigenvalue weighted by Crippen LogP contribution is -2.45. The molecule has 1 fully saturated rings. The van der Waals surface area contributed by atoms with Crippen LogP contribution in [0.15, 0.2) is 0 Å². The second-order valence-corrected chi connectivity index (χ2v) is 5.46. The van der Waals surface area contributed by atoms with Crippen LogP contribution in [0.3, 0.4) is 0 Å². The minimum Gasteiger partial charge on any atom is -0.374 e. The van der Waals surface area contributed by atoms with Crippen molar-refractivity contribution in [3.05, 3.63) is 0 Å². The number of hydrogen-bond acceptors (Lipinski definition) is 2. The van der Waals surface area contributed by atoms with Gasteiger partial charge in [-0.25, -0.2) is 0 Å². The highest BCUT2D eigenvalue weighted by atomic mass is 19.4. The summed E-state index contributed by atoms with van der Waals surface area (Å²) in [4.78, 5) is 0. The van der Waals surface area contributed by atoms with Crippen LogP contribution in [0.2, 0.25) is 0 Å². The number of alkyl halides is 3. The normalized spacial score (nSPS) is 29.5. The van der Waals surface area contributed by atoms with E-state index in [9.17, 15) is 13.2 Å². The molecule has 1 N–H and O–H groups in total. The maximum Gasteiger partial charge on any atom is 0.389 e. The van der Waals surface area contributed by atoms with Gasteiger partial charge in [0.15, 0.2) is 0 Å².